The largest absolute Gasteiger partial charge is 0.478 e. The van der Waals surface area contributed by atoms with Gasteiger partial charge in [-0.1, -0.05) is 24.3 Å². The Balaban J connectivity index is 1.69. The zero-order valence-corrected chi connectivity index (χ0v) is 13.6. The Morgan fingerprint density at radius 1 is 1.17 bits per heavy atom. The monoisotopic (exact) mass is 326 g/mol. The van der Waals surface area contributed by atoms with E-state index in [9.17, 15) is 15.0 Å². The van der Waals surface area contributed by atoms with E-state index in [4.69, 9.17) is 0 Å². The molecular formula is C19H22N2O3. The van der Waals surface area contributed by atoms with Crippen LogP contribution in [-0.2, 0) is 6.54 Å². The quantitative estimate of drug-likeness (QED) is 0.883. The van der Waals surface area contributed by atoms with Crippen molar-refractivity contribution in [3.8, 4) is 11.1 Å². The number of carboxylic acids is 1. The standard InChI is InChI=1S/C19H22N2O3/c22-13-14-7-9-21(10-8-14)12-16-6-5-15(11-20-16)17-3-1-2-4-18(17)19(23)24/h1-6,11,14,22H,7-10,12-13H2,(H,23,24). The number of aliphatic hydroxyl groups excluding tert-OH is 1. The molecule has 24 heavy (non-hydrogen) atoms. The number of hydrogen-bond donors (Lipinski definition) is 2. The molecule has 5 heteroatoms. The predicted octanol–water partition coefficient (Wildman–Crippen LogP) is 2.65. The smallest absolute Gasteiger partial charge is 0.336 e. The van der Waals surface area contributed by atoms with E-state index in [2.05, 4.69) is 9.88 Å². The molecule has 0 spiro atoms. The van der Waals surface area contributed by atoms with Crippen LogP contribution in [0.1, 0.15) is 28.9 Å². The fourth-order valence-corrected chi connectivity index (χ4v) is 3.15. The third-order valence-corrected chi connectivity index (χ3v) is 4.64. The van der Waals surface area contributed by atoms with Crippen molar-refractivity contribution in [2.45, 2.75) is 19.4 Å². The number of carboxylic acid groups (broad SMARTS) is 1. The first kappa shape index (κ1) is 16.6. The van der Waals surface area contributed by atoms with Crippen molar-refractivity contribution in [2.75, 3.05) is 19.7 Å². The number of pyridine rings is 1. The Hall–Kier alpha value is -2.24. The molecule has 2 heterocycles. The van der Waals surface area contributed by atoms with E-state index in [0.29, 0.717) is 11.5 Å². The SMILES string of the molecule is O=C(O)c1ccccc1-c1ccc(CN2CCC(CO)CC2)nc1. The Morgan fingerprint density at radius 3 is 2.54 bits per heavy atom. The van der Waals surface area contributed by atoms with Crippen LogP contribution < -0.4 is 0 Å². The maximum Gasteiger partial charge on any atom is 0.336 e. The van der Waals surface area contributed by atoms with E-state index in [1.165, 1.54) is 0 Å². The van der Waals surface area contributed by atoms with Gasteiger partial charge in [0.2, 0.25) is 0 Å². The van der Waals surface area contributed by atoms with Crippen LogP contribution in [0, 0.1) is 5.92 Å². The van der Waals surface area contributed by atoms with Gasteiger partial charge in [0.15, 0.2) is 0 Å². The number of rotatable bonds is 5. The highest BCUT2D eigenvalue weighted by atomic mass is 16.4. The Bertz CT molecular complexity index is 692. The lowest BCUT2D eigenvalue weighted by Gasteiger charge is -2.30. The lowest BCUT2D eigenvalue weighted by Crippen LogP contribution is -2.34. The molecule has 0 radical (unpaired) electrons. The second-order valence-corrected chi connectivity index (χ2v) is 6.29. The summed E-state index contributed by atoms with van der Waals surface area (Å²) in [6.07, 6.45) is 3.80. The summed E-state index contributed by atoms with van der Waals surface area (Å²) in [6.45, 7) is 3.04. The molecule has 0 amide bonds. The van der Waals surface area contributed by atoms with Crippen LogP contribution in [0.4, 0.5) is 0 Å². The molecule has 1 aromatic heterocycles. The van der Waals surface area contributed by atoms with Gasteiger partial charge in [-0.25, -0.2) is 4.79 Å². The molecule has 0 bridgehead atoms. The van der Waals surface area contributed by atoms with Gasteiger partial charge in [0, 0.05) is 24.9 Å². The Morgan fingerprint density at radius 2 is 1.92 bits per heavy atom. The van der Waals surface area contributed by atoms with E-state index in [1.807, 2.05) is 18.2 Å². The summed E-state index contributed by atoms with van der Waals surface area (Å²) in [7, 11) is 0. The van der Waals surface area contributed by atoms with Crippen LogP contribution in [0.3, 0.4) is 0 Å². The van der Waals surface area contributed by atoms with Gasteiger partial charge in [-0.3, -0.25) is 9.88 Å². The summed E-state index contributed by atoms with van der Waals surface area (Å²) in [5, 5.41) is 18.5. The van der Waals surface area contributed by atoms with Crippen molar-refractivity contribution < 1.29 is 15.0 Å². The van der Waals surface area contributed by atoms with Gasteiger partial charge in [-0.15, -0.1) is 0 Å². The molecule has 2 N–H and O–H groups in total. The van der Waals surface area contributed by atoms with E-state index >= 15 is 0 Å². The van der Waals surface area contributed by atoms with Crippen molar-refractivity contribution in [3.63, 3.8) is 0 Å². The van der Waals surface area contributed by atoms with Gasteiger partial charge in [0.05, 0.1) is 11.3 Å². The molecule has 1 saturated heterocycles. The lowest BCUT2D eigenvalue weighted by atomic mass is 9.98. The third-order valence-electron chi connectivity index (χ3n) is 4.64. The van der Waals surface area contributed by atoms with Crippen molar-refractivity contribution in [3.05, 3.63) is 53.9 Å². The molecule has 1 aromatic carbocycles. The number of aliphatic hydroxyl groups is 1. The molecule has 0 unspecified atom stereocenters. The van der Waals surface area contributed by atoms with E-state index < -0.39 is 5.97 Å². The summed E-state index contributed by atoms with van der Waals surface area (Å²) < 4.78 is 0. The number of benzene rings is 1. The van der Waals surface area contributed by atoms with Crippen molar-refractivity contribution in [1.29, 1.82) is 0 Å². The van der Waals surface area contributed by atoms with Gasteiger partial charge < -0.3 is 10.2 Å². The minimum Gasteiger partial charge on any atom is -0.478 e. The van der Waals surface area contributed by atoms with Crippen LogP contribution in [0.15, 0.2) is 42.6 Å². The number of likely N-dealkylation sites (tertiary alicyclic amines) is 1. The zero-order valence-electron chi connectivity index (χ0n) is 13.6. The van der Waals surface area contributed by atoms with Crippen LogP contribution in [0.2, 0.25) is 0 Å². The third kappa shape index (κ3) is 3.80. The number of hydrogen-bond acceptors (Lipinski definition) is 4. The maximum absolute atomic E-state index is 11.3. The van der Waals surface area contributed by atoms with Crippen LogP contribution in [0.5, 0.6) is 0 Å². The number of aromatic carboxylic acids is 1. The molecule has 1 fully saturated rings. The second kappa shape index (κ2) is 7.55. The van der Waals surface area contributed by atoms with E-state index in [-0.39, 0.29) is 12.2 Å². The van der Waals surface area contributed by atoms with Crippen LogP contribution >= 0.6 is 0 Å². The number of carbonyl (C=O) groups is 1. The van der Waals surface area contributed by atoms with Gasteiger partial charge >= 0.3 is 5.97 Å². The van der Waals surface area contributed by atoms with Crippen LogP contribution in [0.25, 0.3) is 11.1 Å². The zero-order chi connectivity index (χ0) is 16.9. The average molecular weight is 326 g/mol. The van der Waals surface area contributed by atoms with Crippen molar-refractivity contribution >= 4 is 5.97 Å². The molecule has 0 aliphatic carbocycles. The van der Waals surface area contributed by atoms with Gasteiger partial charge in [0.1, 0.15) is 0 Å². The number of nitrogens with zero attached hydrogens (tertiary/aromatic N) is 2. The molecule has 1 aliphatic rings. The first-order valence-corrected chi connectivity index (χ1v) is 8.28. The van der Waals surface area contributed by atoms with Gasteiger partial charge in [0.25, 0.3) is 0 Å². The molecule has 126 valence electrons. The normalized spacial score (nSPS) is 16.2. The number of piperidine rings is 1. The van der Waals surface area contributed by atoms with Gasteiger partial charge in [-0.05, 0) is 49.5 Å². The highest BCUT2D eigenvalue weighted by Gasteiger charge is 2.19. The molecule has 0 atom stereocenters. The fourth-order valence-electron chi connectivity index (χ4n) is 3.15. The van der Waals surface area contributed by atoms with Gasteiger partial charge in [-0.2, -0.15) is 0 Å². The predicted molar refractivity (Wildman–Crippen MR) is 91.7 cm³/mol. The molecule has 1 aliphatic heterocycles. The second-order valence-electron chi connectivity index (χ2n) is 6.29. The van der Waals surface area contributed by atoms with E-state index in [1.54, 1.807) is 24.4 Å². The Labute approximate surface area is 141 Å². The topological polar surface area (TPSA) is 73.7 Å². The molecule has 0 saturated carbocycles. The summed E-state index contributed by atoms with van der Waals surface area (Å²) in [4.78, 5) is 18.2. The minimum atomic E-state index is -0.929. The summed E-state index contributed by atoms with van der Waals surface area (Å²) in [5.74, 6) is -0.495. The summed E-state index contributed by atoms with van der Waals surface area (Å²) in [5.41, 5.74) is 2.77. The molecule has 5 nitrogen and oxygen atoms in total. The van der Waals surface area contributed by atoms with Crippen molar-refractivity contribution in [1.82, 2.24) is 9.88 Å². The molecule has 3 rings (SSSR count). The first-order chi connectivity index (χ1) is 11.7. The Kier molecular flexibility index (Phi) is 5.23. The molecular weight excluding hydrogens is 304 g/mol. The van der Waals surface area contributed by atoms with Crippen LogP contribution in [-0.4, -0.2) is 45.8 Å². The summed E-state index contributed by atoms with van der Waals surface area (Å²) in [6, 6.07) is 10.9. The fraction of sp³-hybridized carbons (Fsp3) is 0.368. The van der Waals surface area contributed by atoms with Crippen molar-refractivity contribution in [2.24, 2.45) is 5.92 Å². The lowest BCUT2D eigenvalue weighted by molar-refractivity contribution is 0.0697. The average Bonchev–Trinajstić information content (AvgIpc) is 2.63. The summed E-state index contributed by atoms with van der Waals surface area (Å²) >= 11 is 0. The highest BCUT2D eigenvalue weighted by Crippen LogP contribution is 2.24. The first-order valence-electron chi connectivity index (χ1n) is 8.28. The molecule has 2 aromatic rings. The highest BCUT2D eigenvalue weighted by molar-refractivity contribution is 5.95. The minimum absolute atomic E-state index is 0.282. The number of aromatic nitrogens is 1. The maximum atomic E-state index is 11.3. The van der Waals surface area contributed by atoms with E-state index in [0.717, 1.165) is 43.7 Å².